The third-order valence-electron chi connectivity index (χ3n) is 3.11. The van der Waals surface area contributed by atoms with E-state index in [4.69, 9.17) is 0 Å². The Balaban J connectivity index is 1.98. The van der Waals surface area contributed by atoms with Crippen molar-refractivity contribution in [1.82, 2.24) is 9.55 Å². The van der Waals surface area contributed by atoms with E-state index in [0.717, 1.165) is 11.6 Å². The molecule has 102 valence electrons. The van der Waals surface area contributed by atoms with E-state index in [0.29, 0.717) is 17.6 Å². The number of rotatable bonds is 2. The second-order valence-corrected chi connectivity index (χ2v) is 4.53. The van der Waals surface area contributed by atoms with E-state index in [9.17, 15) is 13.2 Å². The molecule has 0 bridgehead atoms. The van der Waals surface area contributed by atoms with Gasteiger partial charge in [0.1, 0.15) is 5.69 Å². The number of pyridine rings is 1. The lowest BCUT2D eigenvalue weighted by molar-refractivity contribution is -0.140. The fourth-order valence-corrected chi connectivity index (χ4v) is 2.15. The van der Waals surface area contributed by atoms with Crippen molar-refractivity contribution in [2.45, 2.75) is 12.7 Å². The van der Waals surface area contributed by atoms with Crippen LogP contribution in [0.25, 0.3) is 11.0 Å². The molecule has 0 aliphatic heterocycles. The summed E-state index contributed by atoms with van der Waals surface area (Å²) in [5.74, 6) is 0. The first-order chi connectivity index (χ1) is 9.54. The summed E-state index contributed by atoms with van der Waals surface area (Å²) in [6.07, 6.45) is -2.65. The molecule has 0 spiro atoms. The SMILES string of the molecule is FC(F)(F)c1ccc2c(ccn2Cc2ccccc2)n1. The van der Waals surface area contributed by atoms with Crippen LogP contribution in [0.2, 0.25) is 0 Å². The quantitative estimate of drug-likeness (QED) is 0.689. The van der Waals surface area contributed by atoms with Gasteiger partial charge in [-0.15, -0.1) is 0 Å². The molecule has 0 radical (unpaired) electrons. The molecule has 2 nitrogen and oxygen atoms in total. The van der Waals surface area contributed by atoms with Crippen molar-refractivity contribution in [2.75, 3.05) is 0 Å². The number of benzene rings is 1. The Morgan fingerprint density at radius 1 is 0.950 bits per heavy atom. The molecule has 2 heterocycles. The molecule has 20 heavy (non-hydrogen) atoms. The zero-order valence-electron chi connectivity index (χ0n) is 10.4. The molecule has 1 aromatic carbocycles. The lowest BCUT2D eigenvalue weighted by Crippen LogP contribution is -2.07. The first kappa shape index (κ1) is 12.7. The Hall–Kier alpha value is -2.30. The summed E-state index contributed by atoms with van der Waals surface area (Å²) < 4.78 is 39.7. The highest BCUT2D eigenvalue weighted by atomic mass is 19.4. The fourth-order valence-electron chi connectivity index (χ4n) is 2.15. The zero-order valence-corrected chi connectivity index (χ0v) is 10.4. The molecule has 0 saturated heterocycles. The molecule has 5 heteroatoms. The van der Waals surface area contributed by atoms with E-state index in [-0.39, 0.29) is 0 Å². The van der Waals surface area contributed by atoms with Gasteiger partial charge in [0.15, 0.2) is 0 Å². The van der Waals surface area contributed by atoms with Crippen molar-refractivity contribution in [3.8, 4) is 0 Å². The number of nitrogens with zero attached hydrogens (tertiary/aromatic N) is 2. The Kier molecular flexibility index (Phi) is 2.97. The highest BCUT2D eigenvalue weighted by molar-refractivity contribution is 5.76. The molecule has 2 aromatic heterocycles. The lowest BCUT2D eigenvalue weighted by Gasteiger charge is -2.07. The zero-order chi connectivity index (χ0) is 14.2. The minimum Gasteiger partial charge on any atom is -0.342 e. The standard InChI is InChI=1S/C15H11F3N2/c16-15(17,18)14-7-6-13-12(19-14)8-9-20(13)10-11-4-2-1-3-5-11/h1-9H,10H2. The maximum atomic E-state index is 12.6. The molecule has 0 unspecified atom stereocenters. The number of fused-ring (bicyclic) bond motifs is 1. The third-order valence-corrected chi connectivity index (χ3v) is 3.11. The summed E-state index contributed by atoms with van der Waals surface area (Å²) in [6.45, 7) is 0.609. The van der Waals surface area contributed by atoms with Gasteiger partial charge in [-0.2, -0.15) is 13.2 Å². The van der Waals surface area contributed by atoms with Crippen molar-refractivity contribution in [3.63, 3.8) is 0 Å². The normalized spacial score (nSPS) is 11.9. The van der Waals surface area contributed by atoms with Gasteiger partial charge in [0, 0.05) is 12.7 Å². The van der Waals surface area contributed by atoms with Crippen LogP contribution in [0.1, 0.15) is 11.3 Å². The molecule has 0 aliphatic rings. The summed E-state index contributed by atoms with van der Waals surface area (Å²) in [4.78, 5) is 3.66. The van der Waals surface area contributed by atoms with Gasteiger partial charge in [0.2, 0.25) is 0 Å². The van der Waals surface area contributed by atoms with Crippen LogP contribution in [-0.2, 0) is 12.7 Å². The first-order valence-electron chi connectivity index (χ1n) is 6.11. The van der Waals surface area contributed by atoms with Crippen molar-refractivity contribution in [3.05, 3.63) is 66.0 Å². The largest absolute Gasteiger partial charge is 0.433 e. The van der Waals surface area contributed by atoms with Crippen LogP contribution in [0.3, 0.4) is 0 Å². The van der Waals surface area contributed by atoms with Crippen molar-refractivity contribution < 1.29 is 13.2 Å². The van der Waals surface area contributed by atoms with E-state index in [2.05, 4.69) is 4.98 Å². The van der Waals surface area contributed by atoms with Gasteiger partial charge in [-0.1, -0.05) is 30.3 Å². The number of hydrogen-bond donors (Lipinski definition) is 0. The predicted molar refractivity (Wildman–Crippen MR) is 70.3 cm³/mol. The summed E-state index contributed by atoms with van der Waals surface area (Å²) in [7, 11) is 0. The van der Waals surface area contributed by atoms with Gasteiger partial charge in [-0.25, -0.2) is 4.98 Å². The third kappa shape index (κ3) is 2.39. The number of aromatic nitrogens is 2. The van der Waals surface area contributed by atoms with Crippen LogP contribution in [0.15, 0.2) is 54.7 Å². The van der Waals surface area contributed by atoms with Crippen LogP contribution < -0.4 is 0 Å². The Bertz CT molecular complexity index is 730. The molecule has 0 fully saturated rings. The van der Waals surface area contributed by atoms with E-state index >= 15 is 0 Å². The van der Waals surface area contributed by atoms with Crippen LogP contribution in [0.4, 0.5) is 13.2 Å². The van der Waals surface area contributed by atoms with Crippen molar-refractivity contribution in [2.24, 2.45) is 0 Å². The molecule has 0 atom stereocenters. The Morgan fingerprint density at radius 3 is 2.40 bits per heavy atom. The van der Waals surface area contributed by atoms with Gasteiger partial charge in [0.25, 0.3) is 0 Å². The molecule has 0 saturated carbocycles. The van der Waals surface area contributed by atoms with E-state index in [1.54, 1.807) is 12.3 Å². The molecule has 3 aromatic rings. The number of alkyl halides is 3. The molecule has 0 aliphatic carbocycles. The average Bonchev–Trinajstić information content (AvgIpc) is 2.81. The summed E-state index contributed by atoms with van der Waals surface area (Å²) in [5, 5.41) is 0. The molecular formula is C15H11F3N2. The smallest absolute Gasteiger partial charge is 0.342 e. The van der Waals surface area contributed by atoms with Gasteiger partial charge < -0.3 is 4.57 Å². The van der Waals surface area contributed by atoms with E-state index < -0.39 is 11.9 Å². The molecule has 0 amide bonds. The minimum atomic E-state index is -4.41. The molecular weight excluding hydrogens is 265 g/mol. The maximum Gasteiger partial charge on any atom is 0.433 e. The van der Waals surface area contributed by atoms with Gasteiger partial charge >= 0.3 is 6.18 Å². The van der Waals surface area contributed by atoms with Crippen LogP contribution >= 0.6 is 0 Å². The van der Waals surface area contributed by atoms with E-state index in [1.165, 1.54) is 6.07 Å². The van der Waals surface area contributed by atoms with Crippen LogP contribution in [0.5, 0.6) is 0 Å². The topological polar surface area (TPSA) is 17.8 Å². The van der Waals surface area contributed by atoms with Gasteiger partial charge in [-0.3, -0.25) is 0 Å². The average molecular weight is 276 g/mol. The predicted octanol–water partition coefficient (Wildman–Crippen LogP) is 4.10. The summed E-state index contributed by atoms with van der Waals surface area (Å²) in [6, 6.07) is 13.8. The van der Waals surface area contributed by atoms with Crippen molar-refractivity contribution >= 4 is 11.0 Å². The van der Waals surface area contributed by atoms with Crippen LogP contribution in [0, 0.1) is 0 Å². The highest BCUT2D eigenvalue weighted by Crippen LogP contribution is 2.29. The van der Waals surface area contributed by atoms with Crippen molar-refractivity contribution in [1.29, 1.82) is 0 Å². The van der Waals surface area contributed by atoms with Gasteiger partial charge in [-0.05, 0) is 23.8 Å². The number of hydrogen-bond acceptors (Lipinski definition) is 1. The highest BCUT2D eigenvalue weighted by Gasteiger charge is 2.32. The Labute approximate surface area is 113 Å². The van der Waals surface area contributed by atoms with Crippen LogP contribution in [-0.4, -0.2) is 9.55 Å². The summed E-state index contributed by atoms with van der Waals surface area (Å²) >= 11 is 0. The van der Waals surface area contributed by atoms with Gasteiger partial charge in [0.05, 0.1) is 11.0 Å². The molecule has 0 N–H and O–H groups in total. The first-order valence-corrected chi connectivity index (χ1v) is 6.11. The minimum absolute atomic E-state index is 0.357. The van der Waals surface area contributed by atoms with E-state index in [1.807, 2.05) is 34.9 Å². The Morgan fingerprint density at radius 2 is 1.70 bits per heavy atom. The summed E-state index contributed by atoms with van der Waals surface area (Å²) in [5.41, 5.74) is 1.28. The number of halogens is 3. The lowest BCUT2D eigenvalue weighted by atomic mass is 10.2. The maximum absolute atomic E-state index is 12.6. The second-order valence-electron chi connectivity index (χ2n) is 4.53. The fraction of sp³-hybridized carbons (Fsp3) is 0.133. The molecule has 3 rings (SSSR count). The monoisotopic (exact) mass is 276 g/mol. The second kappa shape index (κ2) is 4.67.